The third-order valence-electron chi connectivity index (χ3n) is 4.46. The fourth-order valence-electron chi connectivity index (χ4n) is 3.23. The minimum atomic E-state index is -1.08. The highest BCUT2D eigenvalue weighted by Crippen LogP contribution is 2.40. The maximum absolute atomic E-state index is 14.7. The van der Waals surface area contributed by atoms with Crippen LogP contribution in [0.15, 0.2) is 12.1 Å². The highest BCUT2D eigenvalue weighted by Gasteiger charge is 2.43. The lowest BCUT2D eigenvalue weighted by molar-refractivity contribution is -0.138. The zero-order valence-electron chi connectivity index (χ0n) is 13.9. The Morgan fingerprint density at radius 3 is 2.57 bits per heavy atom. The Kier molecular flexibility index (Phi) is 5.20. The molecular formula is C19H21FO3. The lowest BCUT2D eigenvalue weighted by Gasteiger charge is -2.31. The number of halogens is 1. The second-order valence-electron chi connectivity index (χ2n) is 5.93. The van der Waals surface area contributed by atoms with E-state index >= 15 is 0 Å². The van der Waals surface area contributed by atoms with Crippen LogP contribution in [-0.4, -0.2) is 18.7 Å². The van der Waals surface area contributed by atoms with Crippen LogP contribution in [0.3, 0.4) is 0 Å². The maximum Gasteiger partial charge on any atom is 0.151 e. The minimum Gasteiger partial charge on any atom is -0.496 e. The van der Waals surface area contributed by atoms with Crippen LogP contribution in [0.4, 0.5) is 4.39 Å². The van der Waals surface area contributed by atoms with Gasteiger partial charge in [-0.3, -0.25) is 9.59 Å². The van der Waals surface area contributed by atoms with Crippen LogP contribution in [0, 0.1) is 29.5 Å². The van der Waals surface area contributed by atoms with Crippen molar-refractivity contribution in [3.05, 3.63) is 29.1 Å². The van der Waals surface area contributed by atoms with Gasteiger partial charge in [0.1, 0.15) is 17.5 Å². The number of rotatable bonds is 3. The first-order valence-corrected chi connectivity index (χ1v) is 7.82. The van der Waals surface area contributed by atoms with E-state index < -0.39 is 11.7 Å². The predicted octanol–water partition coefficient (Wildman–Crippen LogP) is 3.49. The fourth-order valence-corrected chi connectivity index (χ4v) is 3.23. The first-order valence-electron chi connectivity index (χ1n) is 7.82. The number of ketones is 2. The monoisotopic (exact) mass is 316 g/mol. The topological polar surface area (TPSA) is 43.4 Å². The summed E-state index contributed by atoms with van der Waals surface area (Å²) in [5.74, 6) is 3.06. The van der Waals surface area contributed by atoms with Crippen molar-refractivity contribution >= 4 is 11.6 Å². The Bertz CT molecular complexity index is 697. The van der Waals surface area contributed by atoms with E-state index in [-0.39, 0.29) is 34.7 Å². The van der Waals surface area contributed by atoms with Gasteiger partial charge in [-0.15, -0.1) is 5.92 Å². The van der Waals surface area contributed by atoms with Crippen molar-refractivity contribution in [1.29, 1.82) is 0 Å². The molecule has 2 rings (SSSR count). The van der Waals surface area contributed by atoms with Crippen LogP contribution in [0.2, 0.25) is 0 Å². The summed E-state index contributed by atoms with van der Waals surface area (Å²) in [4.78, 5) is 25.2. The van der Waals surface area contributed by atoms with E-state index in [4.69, 9.17) is 4.74 Å². The summed E-state index contributed by atoms with van der Waals surface area (Å²) in [7, 11) is 1.40. The van der Waals surface area contributed by atoms with Crippen molar-refractivity contribution in [3.8, 4) is 17.6 Å². The number of benzene rings is 1. The van der Waals surface area contributed by atoms with Crippen molar-refractivity contribution in [3.63, 3.8) is 0 Å². The van der Waals surface area contributed by atoms with Gasteiger partial charge >= 0.3 is 0 Å². The standard InChI is InChI=1S/C19H21FO3/c1-5-7-12-9-14(20)16(15(10-12)23-4)17-18(21)11(3)8-13(6-2)19(17)22/h9-11,13,17H,6,8H2,1-4H3. The number of ether oxygens (including phenoxy) is 1. The Balaban J connectivity index is 2.60. The lowest BCUT2D eigenvalue weighted by Crippen LogP contribution is -2.39. The molecule has 3 unspecified atom stereocenters. The van der Waals surface area contributed by atoms with Gasteiger partial charge in [-0.05, 0) is 31.9 Å². The highest BCUT2D eigenvalue weighted by molar-refractivity contribution is 6.11. The molecule has 0 radical (unpaired) electrons. The van der Waals surface area contributed by atoms with Crippen LogP contribution in [-0.2, 0) is 9.59 Å². The Morgan fingerprint density at radius 1 is 1.30 bits per heavy atom. The van der Waals surface area contributed by atoms with Crippen LogP contribution in [0.5, 0.6) is 5.75 Å². The molecule has 1 aromatic rings. The first-order chi connectivity index (χ1) is 10.9. The van der Waals surface area contributed by atoms with Gasteiger partial charge in [0.05, 0.1) is 7.11 Å². The molecule has 1 aliphatic carbocycles. The van der Waals surface area contributed by atoms with Gasteiger partial charge in [0, 0.05) is 23.0 Å². The molecule has 4 heteroatoms. The molecule has 0 bridgehead atoms. The average molecular weight is 316 g/mol. The molecule has 1 saturated carbocycles. The minimum absolute atomic E-state index is 0.0501. The summed E-state index contributed by atoms with van der Waals surface area (Å²) < 4.78 is 19.9. The molecule has 0 N–H and O–H groups in total. The molecule has 1 fully saturated rings. The summed E-state index contributed by atoms with van der Waals surface area (Å²) in [6.07, 6.45) is 1.18. The second kappa shape index (κ2) is 6.95. The molecule has 0 aliphatic heterocycles. The summed E-state index contributed by atoms with van der Waals surface area (Å²) in [6.45, 7) is 5.36. The van der Waals surface area contributed by atoms with Gasteiger partial charge in [0.25, 0.3) is 0 Å². The van der Waals surface area contributed by atoms with Crippen LogP contribution in [0.25, 0.3) is 0 Å². The molecular weight excluding hydrogens is 295 g/mol. The summed E-state index contributed by atoms with van der Waals surface area (Å²) in [5.41, 5.74) is 0.510. The zero-order valence-corrected chi connectivity index (χ0v) is 13.9. The van der Waals surface area contributed by atoms with Crippen molar-refractivity contribution in [1.82, 2.24) is 0 Å². The predicted molar refractivity (Wildman–Crippen MR) is 85.8 cm³/mol. The molecule has 1 aliphatic rings. The van der Waals surface area contributed by atoms with Crippen molar-refractivity contribution in [2.24, 2.45) is 11.8 Å². The van der Waals surface area contributed by atoms with E-state index in [2.05, 4.69) is 11.8 Å². The van der Waals surface area contributed by atoms with E-state index in [0.29, 0.717) is 18.4 Å². The molecule has 23 heavy (non-hydrogen) atoms. The van der Waals surface area contributed by atoms with Crippen LogP contribution in [0.1, 0.15) is 50.7 Å². The molecule has 0 amide bonds. The number of Topliss-reactive ketones (excluding diaryl/α,β-unsaturated/α-hetero) is 2. The third-order valence-corrected chi connectivity index (χ3v) is 4.46. The Labute approximate surface area is 136 Å². The van der Waals surface area contributed by atoms with E-state index in [1.807, 2.05) is 6.92 Å². The Hall–Kier alpha value is -2.15. The number of hydrogen-bond donors (Lipinski definition) is 0. The quantitative estimate of drug-likeness (QED) is 0.633. The van der Waals surface area contributed by atoms with Gasteiger partial charge in [0.15, 0.2) is 11.6 Å². The van der Waals surface area contributed by atoms with E-state index in [1.165, 1.54) is 13.2 Å². The number of carbonyl (C=O) groups excluding carboxylic acids is 2. The number of carbonyl (C=O) groups is 2. The highest BCUT2D eigenvalue weighted by atomic mass is 19.1. The van der Waals surface area contributed by atoms with E-state index in [1.54, 1.807) is 19.9 Å². The summed E-state index contributed by atoms with van der Waals surface area (Å²) in [6, 6.07) is 2.84. The van der Waals surface area contributed by atoms with Gasteiger partial charge in [0.2, 0.25) is 0 Å². The van der Waals surface area contributed by atoms with Crippen molar-refractivity contribution < 1.29 is 18.7 Å². The van der Waals surface area contributed by atoms with E-state index in [0.717, 1.165) is 0 Å². The second-order valence-corrected chi connectivity index (χ2v) is 5.93. The SMILES string of the molecule is CC#Cc1cc(F)c(C2C(=O)C(C)CC(CC)C2=O)c(OC)c1. The number of hydrogen-bond acceptors (Lipinski definition) is 3. The maximum atomic E-state index is 14.7. The molecule has 3 nitrogen and oxygen atoms in total. The fraction of sp³-hybridized carbons (Fsp3) is 0.474. The van der Waals surface area contributed by atoms with Gasteiger partial charge < -0.3 is 4.74 Å². The molecule has 0 saturated heterocycles. The Morgan fingerprint density at radius 2 is 2.00 bits per heavy atom. The lowest BCUT2D eigenvalue weighted by atomic mass is 9.70. The van der Waals surface area contributed by atoms with Crippen molar-refractivity contribution in [2.75, 3.05) is 7.11 Å². The smallest absolute Gasteiger partial charge is 0.151 e. The molecule has 0 heterocycles. The van der Waals surface area contributed by atoms with Crippen LogP contribution < -0.4 is 4.74 Å². The van der Waals surface area contributed by atoms with E-state index in [9.17, 15) is 14.0 Å². The molecule has 0 aromatic heterocycles. The largest absolute Gasteiger partial charge is 0.496 e. The zero-order chi connectivity index (χ0) is 17.1. The van der Waals surface area contributed by atoms with Gasteiger partial charge in [-0.25, -0.2) is 4.39 Å². The number of methoxy groups -OCH3 is 1. The first kappa shape index (κ1) is 17.2. The summed E-state index contributed by atoms with van der Waals surface area (Å²) in [5, 5.41) is 0. The van der Waals surface area contributed by atoms with Crippen LogP contribution >= 0.6 is 0 Å². The summed E-state index contributed by atoms with van der Waals surface area (Å²) >= 11 is 0. The average Bonchev–Trinajstić information content (AvgIpc) is 2.52. The molecule has 3 atom stereocenters. The molecule has 122 valence electrons. The molecule has 1 aromatic carbocycles. The van der Waals surface area contributed by atoms with Gasteiger partial charge in [-0.2, -0.15) is 0 Å². The van der Waals surface area contributed by atoms with Crippen molar-refractivity contribution in [2.45, 2.75) is 39.5 Å². The van der Waals surface area contributed by atoms with Gasteiger partial charge in [-0.1, -0.05) is 19.8 Å². The normalized spacial score (nSPS) is 24.1. The third kappa shape index (κ3) is 3.14. The molecule has 0 spiro atoms.